The SMILES string of the molecule is O=C(OCc1cc(-c2ccco2)on1)C1=Cc2cc(Cl)ccc2OC1. The van der Waals surface area contributed by atoms with Crippen LogP contribution in [0.3, 0.4) is 0 Å². The minimum atomic E-state index is -0.479. The summed E-state index contributed by atoms with van der Waals surface area (Å²) in [6, 6.07) is 10.4. The third kappa shape index (κ3) is 3.29. The van der Waals surface area contributed by atoms with E-state index >= 15 is 0 Å². The molecule has 126 valence electrons. The minimum absolute atomic E-state index is 0.0111. The Labute approximate surface area is 147 Å². The largest absolute Gasteiger partial charge is 0.488 e. The quantitative estimate of drug-likeness (QED) is 0.654. The van der Waals surface area contributed by atoms with Gasteiger partial charge in [0.05, 0.1) is 11.8 Å². The molecule has 7 heteroatoms. The van der Waals surface area contributed by atoms with Gasteiger partial charge in [-0.15, -0.1) is 0 Å². The molecular weight excluding hydrogens is 346 g/mol. The Kier molecular flexibility index (Phi) is 4.03. The van der Waals surface area contributed by atoms with Gasteiger partial charge in [0.25, 0.3) is 0 Å². The van der Waals surface area contributed by atoms with Crippen LogP contribution in [-0.4, -0.2) is 17.7 Å². The van der Waals surface area contributed by atoms with Crippen LogP contribution < -0.4 is 4.74 Å². The average Bonchev–Trinajstić information content (AvgIpc) is 3.30. The van der Waals surface area contributed by atoms with E-state index in [-0.39, 0.29) is 13.2 Å². The Hall–Kier alpha value is -2.99. The second-order valence-corrected chi connectivity index (χ2v) is 5.81. The fourth-order valence-corrected chi connectivity index (χ4v) is 2.59. The first kappa shape index (κ1) is 15.5. The van der Waals surface area contributed by atoms with Gasteiger partial charge < -0.3 is 18.4 Å². The smallest absolute Gasteiger partial charge is 0.337 e. The van der Waals surface area contributed by atoms with Crippen LogP contribution in [-0.2, 0) is 16.1 Å². The van der Waals surface area contributed by atoms with Crippen LogP contribution in [0, 0.1) is 0 Å². The van der Waals surface area contributed by atoms with Crippen molar-refractivity contribution >= 4 is 23.6 Å². The molecule has 0 unspecified atom stereocenters. The van der Waals surface area contributed by atoms with Crippen molar-refractivity contribution in [1.82, 2.24) is 5.16 Å². The lowest BCUT2D eigenvalue weighted by Crippen LogP contribution is -2.17. The Morgan fingerprint density at radius 3 is 3.00 bits per heavy atom. The first-order valence-electron chi connectivity index (χ1n) is 7.48. The van der Waals surface area contributed by atoms with Gasteiger partial charge in [-0.1, -0.05) is 16.8 Å². The maximum absolute atomic E-state index is 12.2. The molecule has 0 spiro atoms. The molecule has 3 heterocycles. The third-order valence-corrected chi connectivity index (χ3v) is 3.86. The number of benzene rings is 1. The van der Waals surface area contributed by atoms with Crippen LogP contribution in [0.5, 0.6) is 5.75 Å². The van der Waals surface area contributed by atoms with Crippen LogP contribution in [0.1, 0.15) is 11.3 Å². The van der Waals surface area contributed by atoms with Gasteiger partial charge in [-0.3, -0.25) is 0 Å². The van der Waals surface area contributed by atoms with Crippen molar-refractivity contribution in [2.24, 2.45) is 0 Å². The number of aromatic nitrogens is 1. The number of hydrogen-bond donors (Lipinski definition) is 0. The van der Waals surface area contributed by atoms with Gasteiger partial charge in [0.1, 0.15) is 24.7 Å². The number of furan rings is 1. The summed E-state index contributed by atoms with van der Waals surface area (Å²) in [7, 11) is 0. The molecule has 4 rings (SSSR count). The molecule has 0 radical (unpaired) electrons. The number of rotatable bonds is 4. The molecule has 25 heavy (non-hydrogen) atoms. The van der Waals surface area contributed by atoms with E-state index in [4.69, 9.17) is 30.0 Å². The van der Waals surface area contributed by atoms with Gasteiger partial charge in [-0.25, -0.2) is 4.79 Å². The van der Waals surface area contributed by atoms with E-state index in [9.17, 15) is 4.79 Å². The second-order valence-electron chi connectivity index (χ2n) is 5.38. The number of ether oxygens (including phenoxy) is 2. The number of carbonyl (C=O) groups excluding carboxylic acids is 1. The summed E-state index contributed by atoms with van der Waals surface area (Å²) in [4.78, 5) is 12.2. The Morgan fingerprint density at radius 1 is 1.24 bits per heavy atom. The lowest BCUT2D eigenvalue weighted by atomic mass is 10.1. The summed E-state index contributed by atoms with van der Waals surface area (Å²) in [5.74, 6) is 1.23. The lowest BCUT2D eigenvalue weighted by molar-refractivity contribution is -0.140. The van der Waals surface area contributed by atoms with Crippen molar-refractivity contribution in [2.45, 2.75) is 6.61 Å². The molecule has 3 aromatic rings. The number of esters is 1. The second kappa shape index (κ2) is 6.49. The Balaban J connectivity index is 1.43. The molecule has 1 aliphatic rings. The predicted octanol–water partition coefficient (Wildman–Crippen LogP) is 4.11. The summed E-state index contributed by atoms with van der Waals surface area (Å²) in [5.41, 5.74) is 1.64. The molecule has 1 aromatic carbocycles. The minimum Gasteiger partial charge on any atom is -0.488 e. The van der Waals surface area contributed by atoms with Crippen molar-refractivity contribution in [3.8, 4) is 17.3 Å². The molecule has 0 saturated carbocycles. The molecule has 0 saturated heterocycles. The molecule has 0 bridgehead atoms. The van der Waals surface area contributed by atoms with E-state index in [2.05, 4.69) is 5.16 Å². The van der Waals surface area contributed by atoms with Crippen LogP contribution in [0.25, 0.3) is 17.6 Å². The van der Waals surface area contributed by atoms with Crippen molar-refractivity contribution in [3.63, 3.8) is 0 Å². The fraction of sp³-hybridized carbons (Fsp3) is 0.111. The van der Waals surface area contributed by atoms with Gasteiger partial charge >= 0.3 is 5.97 Å². The number of nitrogens with zero attached hydrogens (tertiary/aromatic N) is 1. The normalized spacial score (nSPS) is 12.9. The lowest BCUT2D eigenvalue weighted by Gasteiger charge is -2.17. The average molecular weight is 358 g/mol. The van der Waals surface area contributed by atoms with E-state index in [1.165, 1.54) is 6.26 Å². The monoisotopic (exact) mass is 357 g/mol. The van der Waals surface area contributed by atoms with Gasteiger partial charge in [-0.05, 0) is 36.4 Å². The number of carbonyl (C=O) groups is 1. The Morgan fingerprint density at radius 2 is 2.16 bits per heavy atom. The van der Waals surface area contributed by atoms with Gasteiger partial charge in [0, 0.05) is 16.7 Å². The maximum Gasteiger partial charge on any atom is 0.337 e. The highest BCUT2D eigenvalue weighted by atomic mass is 35.5. The summed E-state index contributed by atoms with van der Waals surface area (Å²) >= 11 is 5.96. The van der Waals surface area contributed by atoms with Crippen molar-refractivity contribution in [3.05, 3.63) is 64.5 Å². The summed E-state index contributed by atoms with van der Waals surface area (Å²) in [6.07, 6.45) is 3.25. The van der Waals surface area contributed by atoms with Crippen LogP contribution in [0.2, 0.25) is 5.02 Å². The van der Waals surface area contributed by atoms with Crippen molar-refractivity contribution in [2.75, 3.05) is 6.61 Å². The Bertz CT molecular complexity index is 942. The standard InChI is InChI=1S/C18H12ClNO5/c19-13-3-4-15-11(7-13)6-12(9-23-15)18(21)24-10-14-8-17(25-20-14)16-2-1-5-22-16/h1-8H,9-10H2. The highest BCUT2D eigenvalue weighted by Crippen LogP contribution is 2.29. The van der Waals surface area contributed by atoms with E-state index in [0.29, 0.717) is 33.6 Å². The number of hydrogen-bond acceptors (Lipinski definition) is 6. The molecule has 2 aromatic heterocycles. The molecule has 6 nitrogen and oxygen atoms in total. The van der Waals surface area contributed by atoms with Gasteiger partial charge in [0.2, 0.25) is 5.76 Å². The van der Waals surface area contributed by atoms with E-state index in [1.807, 2.05) is 0 Å². The van der Waals surface area contributed by atoms with Crippen LogP contribution in [0.4, 0.5) is 0 Å². The number of halogens is 1. The first-order chi connectivity index (χ1) is 12.2. The zero-order valence-corrected chi connectivity index (χ0v) is 13.7. The van der Waals surface area contributed by atoms with Gasteiger partial charge in [-0.2, -0.15) is 0 Å². The molecule has 1 aliphatic heterocycles. The molecular formula is C18H12ClNO5. The molecule has 0 amide bonds. The molecule has 0 fully saturated rings. The van der Waals surface area contributed by atoms with Crippen molar-refractivity contribution in [1.29, 1.82) is 0 Å². The summed E-state index contributed by atoms with van der Waals surface area (Å²) in [6.45, 7) is 0.132. The van der Waals surface area contributed by atoms with Gasteiger partial charge in [0.15, 0.2) is 5.76 Å². The maximum atomic E-state index is 12.2. The molecule has 0 atom stereocenters. The highest BCUT2D eigenvalue weighted by molar-refractivity contribution is 6.30. The number of fused-ring (bicyclic) bond motifs is 1. The van der Waals surface area contributed by atoms with Crippen molar-refractivity contribution < 1.29 is 23.2 Å². The van der Waals surface area contributed by atoms with Crippen LogP contribution >= 0.6 is 11.6 Å². The summed E-state index contributed by atoms with van der Waals surface area (Å²) in [5, 5.41) is 4.43. The van der Waals surface area contributed by atoms with Crippen LogP contribution in [0.15, 0.2) is 57.2 Å². The van der Waals surface area contributed by atoms with E-state index < -0.39 is 5.97 Å². The fourth-order valence-electron chi connectivity index (χ4n) is 2.41. The van der Waals surface area contributed by atoms with E-state index in [1.54, 1.807) is 42.5 Å². The first-order valence-corrected chi connectivity index (χ1v) is 7.86. The predicted molar refractivity (Wildman–Crippen MR) is 88.9 cm³/mol. The zero-order valence-electron chi connectivity index (χ0n) is 12.9. The topological polar surface area (TPSA) is 74.7 Å². The molecule has 0 N–H and O–H groups in total. The summed E-state index contributed by atoms with van der Waals surface area (Å²) < 4.78 is 21.2. The third-order valence-electron chi connectivity index (χ3n) is 3.62. The molecule has 0 aliphatic carbocycles. The highest BCUT2D eigenvalue weighted by Gasteiger charge is 2.19. The zero-order chi connectivity index (χ0) is 17.2. The van der Waals surface area contributed by atoms with E-state index in [0.717, 1.165) is 5.56 Å².